The Bertz CT molecular complexity index is 1930. The molecule has 8 atom stereocenters. The molecule has 0 aliphatic heterocycles. The van der Waals surface area contributed by atoms with Crippen molar-refractivity contribution in [3.63, 3.8) is 0 Å². The van der Waals surface area contributed by atoms with Gasteiger partial charge in [-0.2, -0.15) is 52.7 Å². The largest absolute Gasteiger partial charge is 0.429 e. The quantitative estimate of drug-likeness (QED) is 0.0717. The third-order valence-corrected chi connectivity index (χ3v) is 19.2. The Labute approximate surface area is 435 Å². The van der Waals surface area contributed by atoms with Crippen molar-refractivity contribution < 1.29 is 81.3 Å². The molecule has 4 unspecified atom stereocenters. The van der Waals surface area contributed by atoms with Crippen LogP contribution in [0.25, 0.3) is 0 Å². The monoisotopic (exact) mass is 1120 g/mol. The fraction of sp³-hybridized carbons (Fsp3) is 0.889. The number of carbonyl (C=O) groups excluding carboxylic acids is 2. The highest BCUT2D eigenvalue weighted by molar-refractivity contribution is 6.70. The Balaban J connectivity index is 0.000000399. The second kappa shape index (κ2) is 22.8. The van der Waals surface area contributed by atoms with Crippen LogP contribution in [0.15, 0.2) is 24.3 Å². The summed E-state index contributed by atoms with van der Waals surface area (Å²) in [5, 5.41) is 19.6. The molecule has 0 amide bonds. The van der Waals surface area contributed by atoms with E-state index in [1.54, 1.807) is 13.8 Å². The van der Waals surface area contributed by atoms with Crippen LogP contribution in [-0.2, 0) is 18.4 Å². The third-order valence-electron chi connectivity index (χ3n) is 17.1. The second-order valence-corrected chi connectivity index (χ2v) is 35.6. The van der Waals surface area contributed by atoms with E-state index in [4.69, 9.17) is 8.85 Å². The van der Waals surface area contributed by atoms with E-state index in [1.807, 2.05) is 34.6 Å². The number of hydrogen-bond acceptors (Lipinski definition) is 6. The summed E-state index contributed by atoms with van der Waals surface area (Å²) in [6, 6.07) is 0. The van der Waals surface area contributed by atoms with Crippen LogP contribution in [0, 0.1) is 45.3 Å². The van der Waals surface area contributed by atoms with Crippen molar-refractivity contribution in [2.75, 3.05) is 0 Å². The van der Waals surface area contributed by atoms with Crippen LogP contribution in [0.1, 0.15) is 171 Å². The number of halogens is 12. The Hall–Kier alpha value is -1.75. The van der Waals surface area contributed by atoms with Crippen LogP contribution in [0.5, 0.6) is 0 Å². The standard InChI is InChI=1S/C30H52F6O3Si2.C24H36F6O3/c1-25(2,38-40(5,6)7)17-12-18-26(3,24-16-15-22-23(37)14-11-20-27(22,24)4)19-13-21-28(29(31,32)33,30(34,35)36)39-41(8,9)10;1-19(2,32)11-6-12-20(3,13-7-15-22(33,23(25,26)27)24(28,29)30)18-10-9-16-17(31)8-5-14-21(16,18)4/h13,21-22,24H,11-12,14-20H2,1-10H3;7,15-16,18,32-33H,5-6,8-14H2,1-4H3/b21-13+;15-7+/t22?,24?,26-,27+;16?,18?,20-,21+/m11/s1. The lowest BCUT2D eigenvalue weighted by Gasteiger charge is -2.48. The fourth-order valence-corrected chi connectivity index (χ4v) is 17.1. The maximum Gasteiger partial charge on any atom is 0.429 e. The van der Waals surface area contributed by atoms with Gasteiger partial charge >= 0.3 is 24.7 Å². The molecule has 4 aliphatic rings. The number of carbonyl (C=O) groups is 2. The lowest BCUT2D eigenvalue weighted by molar-refractivity contribution is -0.347. The predicted octanol–water partition coefficient (Wildman–Crippen LogP) is 16.8. The molecular weight excluding hydrogens is 1030 g/mol. The van der Waals surface area contributed by atoms with Crippen LogP contribution in [0.3, 0.4) is 0 Å². The third kappa shape index (κ3) is 15.8. The van der Waals surface area contributed by atoms with Crippen molar-refractivity contribution in [2.24, 2.45) is 45.3 Å². The summed E-state index contributed by atoms with van der Waals surface area (Å²) in [4.78, 5) is 25.4. The lowest BCUT2D eigenvalue weighted by Crippen LogP contribution is -2.61. The van der Waals surface area contributed by atoms with E-state index in [2.05, 4.69) is 26.6 Å². The van der Waals surface area contributed by atoms with Gasteiger partial charge in [0.15, 0.2) is 16.6 Å². The Morgan fingerprint density at radius 3 is 1.24 bits per heavy atom. The number of fused-ring (bicyclic) bond motifs is 2. The molecule has 0 aromatic carbocycles. The van der Waals surface area contributed by atoms with E-state index >= 15 is 0 Å². The summed E-state index contributed by atoms with van der Waals surface area (Å²) < 4.78 is 175. The Kier molecular flexibility index (Phi) is 20.5. The van der Waals surface area contributed by atoms with Crippen molar-refractivity contribution in [1.29, 1.82) is 0 Å². The number of aliphatic hydroxyl groups is 2. The molecular formula is C54H88F12O6Si2. The molecule has 4 fully saturated rings. The van der Waals surface area contributed by atoms with Crippen LogP contribution in [0.4, 0.5) is 52.7 Å². The molecule has 0 heterocycles. The Morgan fingerprint density at radius 1 is 0.541 bits per heavy atom. The van der Waals surface area contributed by atoms with Gasteiger partial charge in [0, 0.05) is 24.7 Å². The zero-order valence-corrected chi connectivity index (χ0v) is 48.4. The number of ketones is 2. The molecule has 6 nitrogen and oxygen atoms in total. The summed E-state index contributed by atoms with van der Waals surface area (Å²) >= 11 is 0. The molecule has 2 N–H and O–H groups in total. The van der Waals surface area contributed by atoms with Gasteiger partial charge < -0.3 is 19.1 Å². The van der Waals surface area contributed by atoms with Gasteiger partial charge in [0.1, 0.15) is 11.6 Å². The minimum Gasteiger partial charge on any atom is -0.413 e. The average molecular weight is 1120 g/mol. The SMILES string of the molecule is CC(C)(CCC[C@](C)(C/C=C/C(O[Si](C)(C)C)(C(F)(F)F)C(F)(F)F)C1CCC2C(=O)CCC[C@@]21C)O[Si](C)(C)C.CC(C)(O)CCC[C@](C)(C/C=C/C(O)(C(F)(F)F)C(F)(F)F)C1CCC2C(=O)CCC[C@@]21C. The van der Waals surface area contributed by atoms with Crippen molar-refractivity contribution in [3.8, 4) is 0 Å². The van der Waals surface area contributed by atoms with Gasteiger partial charge in [-0.1, -0.05) is 52.7 Å². The average Bonchev–Trinajstić information content (AvgIpc) is 3.73. The predicted molar refractivity (Wildman–Crippen MR) is 269 cm³/mol. The molecule has 20 heteroatoms. The van der Waals surface area contributed by atoms with Crippen LogP contribution in [-0.4, -0.2) is 85.5 Å². The summed E-state index contributed by atoms with van der Waals surface area (Å²) in [7, 11) is -5.10. The van der Waals surface area contributed by atoms with Crippen LogP contribution < -0.4 is 0 Å². The first-order valence-electron chi connectivity index (χ1n) is 26.5. The van der Waals surface area contributed by atoms with Crippen molar-refractivity contribution in [2.45, 2.75) is 257 Å². The molecule has 0 aromatic heterocycles. The maximum absolute atomic E-state index is 14.2. The van der Waals surface area contributed by atoms with E-state index in [0.29, 0.717) is 57.8 Å². The normalized spacial score (nSPS) is 28.0. The number of rotatable bonds is 20. The summed E-state index contributed by atoms with van der Waals surface area (Å²) in [6.45, 7) is 25.6. The van der Waals surface area contributed by atoms with E-state index in [0.717, 1.165) is 57.1 Å². The molecule has 4 aliphatic carbocycles. The number of allylic oxidation sites excluding steroid dienone is 2. The molecule has 4 rings (SSSR count). The second-order valence-electron chi connectivity index (χ2n) is 26.7. The molecule has 432 valence electrons. The van der Waals surface area contributed by atoms with Crippen molar-refractivity contribution >= 4 is 28.2 Å². The molecule has 0 radical (unpaired) electrons. The number of Topliss-reactive ketones (excluding diaryl/α,β-unsaturated/α-hetero) is 2. The van der Waals surface area contributed by atoms with Gasteiger partial charge in [0.05, 0.1) is 11.2 Å². The molecule has 0 saturated heterocycles. The molecule has 74 heavy (non-hydrogen) atoms. The van der Waals surface area contributed by atoms with Gasteiger partial charge in [-0.25, -0.2) is 0 Å². The van der Waals surface area contributed by atoms with Gasteiger partial charge in [-0.15, -0.1) is 0 Å². The smallest absolute Gasteiger partial charge is 0.413 e. The van der Waals surface area contributed by atoms with Crippen molar-refractivity contribution in [1.82, 2.24) is 0 Å². The van der Waals surface area contributed by atoms with Gasteiger partial charge in [0.25, 0.3) is 11.2 Å². The van der Waals surface area contributed by atoms with E-state index in [9.17, 15) is 72.5 Å². The van der Waals surface area contributed by atoms with E-state index in [-0.39, 0.29) is 71.1 Å². The summed E-state index contributed by atoms with van der Waals surface area (Å²) in [5.41, 5.74) is -12.6. The topological polar surface area (TPSA) is 93.1 Å². The van der Waals surface area contributed by atoms with Crippen molar-refractivity contribution in [3.05, 3.63) is 24.3 Å². The first-order chi connectivity index (χ1) is 33.0. The lowest BCUT2D eigenvalue weighted by atomic mass is 9.56. The molecule has 0 bridgehead atoms. The number of alkyl halides is 12. The van der Waals surface area contributed by atoms with E-state index in [1.165, 1.54) is 19.6 Å². The number of hydrogen-bond donors (Lipinski definition) is 2. The van der Waals surface area contributed by atoms with Crippen LogP contribution >= 0.6 is 0 Å². The van der Waals surface area contributed by atoms with Gasteiger partial charge in [-0.3, -0.25) is 9.59 Å². The molecule has 0 aromatic rings. The first kappa shape index (κ1) is 66.5. The fourth-order valence-electron chi connectivity index (χ4n) is 14.0. The summed E-state index contributed by atoms with van der Waals surface area (Å²) in [5.74, 6) is 0.103. The minimum atomic E-state index is -5.90. The summed E-state index contributed by atoms with van der Waals surface area (Å²) in [6.07, 6.45) is -10.9. The zero-order valence-electron chi connectivity index (χ0n) is 46.4. The highest BCUT2D eigenvalue weighted by atomic mass is 28.4. The molecule has 0 spiro atoms. The molecule has 4 saturated carbocycles. The van der Waals surface area contributed by atoms with Crippen LogP contribution in [0.2, 0.25) is 39.3 Å². The zero-order chi connectivity index (χ0) is 57.4. The maximum atomic E-state index is 14.2. The Morgan fingerprint density at radius 2 is 0.905 bits per heavy atom. The first-order valence-corrected chi connectivity index (χ1v) is 33.3. The van der Waals surface area contributed by atoms with Gasteiger partial charge in [-0.05, 0) is 203 Å². The van der Waals surface area contributed by atoms with E-state index < -0.39 is 74.6 Å². The van der Waals surface area contributed by atoms with Gasteiger partial charge in [0.2, 0.25) is 0 Å². The highest BCUT2D eigenvalue weighted by Gasteiger charge is 2.72. The highest BCUT2D eigenvalue weighted by Crippen LogP contribution is 2.64. The minimum absolute atomic E-state index is 0.000922.